The van der Waals surface area contributed by atoms with Crippen LogP contribution in [0.2, 0.25) is 19.6 Å². The van der Waals surface area contributed by atoms with Gasteiger partial charge in [-0.15, -0.1) is 0 Å². The van der Waals surface area contributed by atoms with E-state index in [4.69, 9.17) is 9.16 Å². The van der Waals surface area contributed by atoms with Crippen LogP contribution in [0.1, 0.15) is 38.5 Å². The summed E-state index contributed by atoms with van der Waals surface area (Å²) in [6.45, 7) is 7.47. The molecule has 1 saturated carbocycles. The van der Waals surface area contributed by atoms with Gasteiger partial charge in [0.1, 0.15) is 0 Å². The first kappa shape index (κ1) is 16.4. The van der Waals surface area contributed by atoms with Gasteiger partial charge in [-0.3, -0.25) is 0 Å². The average Bonchev–Trinajstić information content (AvgIpc) is 3.01. The smallest absolute Gasteiger partial charge is 0.183 e. The first-order valence-corrected chi connectivity index (χ1v) is 11.4. The fourth-order valence-electron chi connectivity index (χ4n) is 3.11. The number of epoxide rings is 1. The summed E-state index contributed by atoms with van der Waals surface area (Å²) in [7, 11) is -1.37. The van der Waals surface area contributed by atoms with E-state index < -0.39 is 8.32 Å². The minimum Gasteiger partial charge on any atom is -0.418 e. The molecule has 0 bridgehead atoms. The third-order valence-corrected chi connectivity index (χ3v) is 5.34. The fourth-order valence-corrected chi connectivity index (χ4v) is 3.87. The van der Waals surface area contributed by atoms with E-state index in [9.17, 15) is 10.2 Å². The molecular weight excluding hydrogens is 272 g/mol. The highest BCUT2D eigenvalue weighted by atomic mass is 28.4. The third-order valence-electron chi connectivity index (χ3n) is 4.27. The molecule has 5 heteroatoms. The number of fused-ring (bicyclic) bond motifs is 1. The second kappa shape index (κ2) is 6.88. The maximum Gasteiger partial charge on any atom is 0.183 e. The van der Waals surface area contributed by atoms with Crippen molar-refractivity contribution in [1.29, 1.82) is 0 Å². The van der Waals surface area contributed by atoms with Crippen LogP contribution in [0, 0.1) is 5.92 Å². The van der Waals surface area contributed by atoms with E-state index in [1.165, 1.54) is 0 Å². The van der Waals surface area contributed by atoms with Gasteiger partial charge in [-0.1, -0.05) is 12.8 Å². The predicted molar refractivity (Wildman–Crippen MR) is 81.2 cm³/mol. The van der Waals surface area contributed by atoms with Gasteiger partial charge in [0.2, 0.25) is 0 Å². The molecular formula is C15H30O4Si. The molecule has 1 aliphatic carbocycles. The average molecular weight is 302 g/mol. The van der Waals surface area contributed by atoms with E-state index in [1.54, 1.807) is 0 Å². The van der Waals surface area contributed by atoms with Crippen LogP contribution in [-0.2, 0) is 9.16 Å². The Bertz CT molecular complexity index is 303. The van der Waals surface area contributed by atoms with Gasteiger partial charge < -0.3 is 19.4 Å². The summed E-state index contributed by atoms with van der Waals surface area (Å²) in [5.74, 6) is 0.158. The van der Waals surface area contributed by atoms with Crippen LogP contribution < -0.4 is 0 Å². The largest absolute Gasteiger partial charge is 0.418 e. The maximum atomic E-state index is 10.1. The van der Waals surface area contributed by atoms with Crippen LogP contribution in [0.3, 0.4) is 0 Å². The highest BCUT2D eigenvalue weighted by Gasteiger charge is 2.55. The molecule has 1 heterocycles. The Balaban J connectivity index is 1.49. The molecule has 20 heavy (non-hydrogen) atoms. The molecule has 4 nitrogen and oxygen atoms in total. The zero-order valence-corrected chi connectivity index (χ0v) is 14.0. The fraction of sp³-hybridized carbons (Fsp3) is 1.00. The van der Waals surface area contributed by atoms with Crippen LogP contribution in [0.15, 0.2) is 0 Å². The summed E-state index contributed by atoms with van der Waals surface area (Å²) in [5, 5.41) is 19.9. The van der Waals surface area contributed by atoms with Crippen molar-refractivity contribution in [3.63, 3.8) is 0 Å². The van der Waals surface area contributed by atoms with Crippen molar-refractivity contribution in [3.8, 4) is 0 Å². The summed E-state index contributed by atoms with van der Waals surface area (Å²) in [5.41, 5.74) is 0. The third kappa shape index (κ3) is 5.11. The van der Waals surface area contributed by atoms with Gasteiger partial charge in [0.15, 0.2) is 8.32 Å². The minimum absolute atomic E-state index is 0.158. The number of hydrogen-bond acceptors (Lipinski definition) is 4. The molecule has 0 aromatic heterocycles. The Kier molecular flexibility index (Phi) is 5.65. The zero-order valence-electron chi connectivity index (χ0n) is 13.0. The lowest BCUT2D eigenvalue weighted by Crippen LogP contribution is -2.26. The standard InChI is InChI=1S/C15H30O4Si/c1-20(2,3)18-8-6-4-5-7-11(16)9-12-13(17)10-14-15(12)19-14/h11-17H,4-10H2,1-3H3/t11?,12-,13-,14+,15-/m1/s1. The Morgan fingerprint density at radius 2 is 2.00 bits per heavy atom. The van der Waals surface area contributed by atoms with Gasteiger partial charge in [0.25, 0.3) is 0 Å². The number of unbranched alkanes of at least 4 members (excludes halogenated alkanes) is 2. The normalized spacial score (nSPS) is 34.0. The molecule has 118 valence electrons. The minimum atomic E-state index is -1.37. The SMILES string of the molecule is C[Si](C)(C)OCCCCCC(O)C[C@H]1[C@H]2O[C@H]2C[C@H]1O. The number of rotatable bonds is 9. The van der Waals surface area contributed by atoms with E-state index in [0.29, 0.717) is 6.42 Å². The summed E-state index contributed by atoms with van der Waals surface area (Å²) in [4.78, 5) is 0. The van der Waals surface area contributed by atoms with Crippen LogP contribution in [-0.4, -0.2) is 49.6 Å². The lowest BCUT2D eigenvalue weighted by Gasteiger charge is -2.20. The van der Waals surface area contributed by atoms with Crippen molar-refractivity contribution in [1.82, 2.24) is 0 Å². The number of aliphatic hydroxyl groups excluding tert-OH is 2. The lowest BCUT2D eigenvalue weighted by molar-refractivity contribution is 0.0365. The maximum absolute atomic E-state index is 10.1. The molecule has 2 aliphatic rings. The number of aliphatic hydroxyl groups is 2. The predicted octanol–water partition coefficient (Wildman–Crippen LogP) is 2.30. The summed E-state index contributed by atoms with van der Waals surface area (Å²) < 4.78 is 11.2. The van der Waals surface area contributed by atoms with Gasteiger partial charge in [0.05, 0.1) is 24.4 Å². The molecule has 0 amide bonds. The highest BCUT2D eigenvalue weighted by Crippen LogP contribution is 2.45. The molecule has 0 spiro atoms. The molecule has 0 aromatic rings. The molecule has 0 aromatic carbocycles. The second-order valence-corrected chi connectivity index (χ2v) is 11.8. The van der Waals surface area contributed by atoms with Crippen LogP contribution >= 0.6 is 0 Å². The molecule has 2 rings (SSSR count). The number of hydrogen-bond donors (Lipinski definition) is 2. The van der Waals surface area contributed by atoms with Crippen molar-refractivity contribution in [2.45, 2.75) is 82.6 Å². The van der Waals surface area contributed by atoms with Crippen molar-refractivity contribution in [2.24, 2.45) is 5.92 Å². The first-order valence-electron chi connectivity index (χ1n) is 8.02. The Labute approximate surface area is 123 Å². The van der Waals surface area contributed by atoms with Crippen molar-refractivity contribution < 1.29 is 19.4 Å². The molecule has 0 radical (unpaired) electrons. The quantitative estimate of drug-likeness (QED) is 0.390. The molecule has 5 atom stereocenters. The van der Waals surface area contributed by atoms with Crippen LogP contribution in [0.4, 0.5) is 0 Å². The summed E-state index contributed by atoms with van der Waals surface area (Å²) in [6, 6.07) is 0. The van der Waals surface area contributed by atoms with Crippen LogP contribution in [0.25, 0.3) is 0 Å². The van der Waals surface area contributed by atoms with E-state index in [1.807, 2.05) is 0 Å². The van der Waals surface area contributed by atoms with Crippen LogP contribution in [0.5, 0.6) is 0 Å². The van der Waals surface area contributed by atoms with E-state index in [0.717, 1.165) is 38.7 Å². The Morgan fingerprint density at radius 1 is 1.25 bits per heavy atom. The Morgan fingerprint density at radius 3 is 2.60 bits per heavy atom. The lowest BCUT2D eigenvalue weighted by atomic mass is 9.94. The molecule has 2 N–H and O–H groups in total. The molecule has 1 saturated heterocycles. The van der Waals surface area contributed by atoms with Crippen molar-refractivity contribution in [3.05, 3.63) is 0 Å². The van der Waals surface area contributed by atoms with E-state index in [2.05, 4.69) is 19.6 Å². The molecule has 1 unspecified atom stereocenters. The van der Waals surface area contributed by atoms with Crippen molar-refractivity contribution in [2.75, 3.05) is 6.61 Å². The summed E-state index contributed by atoms with van der Waals surface area (Å²) in [6.07, 6.45) is 5.44. The van der Waals surface area contributed by atoms with Gasteiger partial charge >= 0.3 is 0 Å². The topological polar surface area (TPSA) is 62.2 Å². The highest BCUT2D eigenvalue weighted by molar-refractivity contribution is 6.69. The van der Waals surface area contributed by atoms with Crippen molar-refractivity contribution >= 4 is 8.32 Å². The molecule has 1 aliphatic heterocycles. The first-order chi connectivity index (χ1) is 9.37. The number of ether oxygens (including phenoxy) is 1. The van der Waals surface area contributed by atoms with E-state index >= 15 is 0 Å². The van der Waals surface area contributed by atoms with Gasteiger partial charge in [-0.25, -0.2) is 0 Å². The summed E-state index contributed by atoms with van der Waals surface area (Å²) >= 11 is 0. The van der Waals surface area contributed by atoms with E-state index in [-0.39, 0.29) is 30.3 Å². The van der Waals surface area contributed by atoms with Gasteiger partial charge in [-0.2, -0.15) is 0 Å². The second-order valence-electron chi connectivity index (χ2n) is 7.31. The zero-order chi connectivity index (χ0) is 14.8. The van der Waals surface area contributed by atoms with Gasteiger partial charge in [0, 0.05) is 18.9 Å². The monoisotopic (exact) mass is 302 g/mol. The molecule has 2 fully saturated rings. The van der Waals surface area contributed by atoms with Gasteiger partial charge in [-0.05, 0) is 38.9 Å². The Hall–Kier alpha value is 0.0569.